The molecule has 0 fully saturated rings. The first-order chi connectivity index (χ1) is 8.06. The fraction of sp³-hybridized carbons (Fsp3) is 0.182. The molecular formula is C11H10ClN3O2. The SMILES string of the molecule is Cc1nccc(Cn2cc(Cl)cc2C(=O)O)n1. The Kier molecular flexibility index (Phi) is 3.10. The molecule has 0 saturated heterocycles. The van der Waals surface area contributed by atoms with Gasteiger partial charge >= 0.3 is 5.97 Å². The average Bonchev–Trinajstić information content (AvgIpc) is 2.59. The topological polar surface area (TPSA) is 68.0 Å². The summed E-state index contributed by atoms with van der Waals surface area (Å²) in [6.07, 6.45) is 3.21. The van der Waals surface area contributed by atoms with Crippen molar-refractivity contribution < 1.29 is 9.90 Å². The van der Waals surface area contributed by atoms with Gasteiger partial charge in [-0.2, -0.15) is 0 Å². The average molecular weight is 252 g/mol. The molecule has 0 atom stereocenters. The van der Waals surface area contributed by atoms with Crippen molar-refractivity contribution in [3.63, 3.8) is 0 Å². The molecule has 1 N–H and O–H groups in total. The van der Waals surface area contributed by atoms with E-state index in [9.17, 15) is 4.79 Å². The zero-order valence-corrected chi connectivity index (χ0v) is 9.85. The van der Waals surface area contributed by atoms with E-state index in [0.717, 1.165) is 5.69 Å². The Hall–Kier alpha value is -1.88. The number of rotatable bonds is 3. The number of aromatic carboxylic acids is 1. The number of nitrogens with zero attached hydrogens (tertiary/aromatic N) is 3. The minimum Gasteiger partial charge on any atom is -0.477 e. The monoisotopic (exact) mass is 251 g/mol. The summed E-state index contributed by atoms with van der Waals surface area (Å²) in [7, 11) is 0. The molecule has 0 aromatic carbocycles. The van der Waals surface area contributed by atoms with Gasteiger partial charge in [0.1, 0.15) is 11.5 Å². The molecule has 0 aliphatic rings. The molecule has 0 radical (unpaired) electrons. The van der Waals surface area contributed by atoms with E-state index in [1.165, 1.54) is 6.07 Å². The van der Waals surface area contributed by atoms with Gasteiger partial charge in [-0.1, -0.05) is 11.6 Å². The second kappa shape index (κ2) is 4.55. The number of carboxylic acid groups (broad SMARTS) is 1. The molecule has 0 aliphatic carbocycles. The number of hydrogen-bond acceptors (Lipinski definition) is 3. The number of carboxylic acids is 1. The largest absolute Gasteiger partial charge is 0.477 e. The third-order valence-corrected chi connectivity index (χ3v) is 2.46. The zero-order valence-electron chi connectivity index (χ0n) is 9.09. The maximum absolute atomic E-state index is 11.0. The van der Waals surface area contributed by atoms with E-state index in [1.807, 2.05) is 0 Å². The number of aromatic nitrogens is 3. The fourth-order valence-corrected chi connectivity index (χ4v) is 1.77. The van der Waals surface area contributed by atoms with Gasteiger partial charge in [-0.15, -0.1) is 0 Å². The van der Waals surface area contributed by atoms with Gasteiger partial charge in [0.2, 0.25) is 0 Å². The number of carbonyl (C=O) groups is 1. The van der Waals surface area contributed by atoms with Crippen molar-refractivity contribution >= 4 is 17.6 Å². The van der Waals surface area contributed by atoms with Crippen molar-refractivity contribution in [2.24, 2.45) is 0 Å². The lowest BCUT2D eigenvalue weighted by atomic mass is 10.3. The van der Waals surface area contributed by atoms with E-state index in [1.54, 1.807) is 30.0 Å². The van der Waals surface area contributed by atoms with Crippen LogP contribution < -0.4 is 0 Å². The van der Waals surface area contributed by atoms with Crippen molar-refractivity contribution in [2.75, 3.05) is 0 Å². The predicted molar refractivity (Wildman–Crippen MR) is 62.3 cm³/mol. The van der Waals surface area contributed by atoms with Gasteiger partial charge in [0.05, 0.1) is 17.3 Å². The molecule has 5 nitrogen and oxygen atoms in total. The van der Waals surface area contributed by atoms with E-state index < -0.39 is 5.97 Å². The molecule has 2 aromatic heterocycles. The summed E-state index contributed by atoms with van der Waals surface area (Å²) in [6.45, 7) is 2.14. The summed E-state index contributed by atoms with van der Waals surface area (Å²) >= 11 is 5.79. The van der Waals surface area contributed by atoms with Crippen LogP contribution in [0.1, 0.15) is 22.0 Å². The Labute approximate surface area is 103 Å². The molecule has 88 valence electrons. The van der Waals surface area contributed by atoms with Crippen LogP contribution in [0, 0.1) is 6.92 Å². The Bertz CT molecular complexity index is 566. The maximum Gasteiger partial charge on any atom is 0.352 e. The van der Waals surface area contributed by atoms with Gasteiger partial charge in [-0.05, 0) is 19.1 Å². The Morgan fingerprint density at radius 2 is 2.35 bits per heavy atom. The smallest absolute Gasteiger partial charge is 0.352 e. The normalized spacial score (nSPS) is 10.5. The van der Waals surface area contributed by atoms with Crippen LogP contribution in [0.3, 0.4) is 0 Å². The van der Waals surface area contributed by atoms with E-state index in [2.05, 4.69) is 9.97 Å². The summed E-state index contributed by atoms with van der Waals surface area (Å²) in [5.41, 5.74) is 0.888. The first kappa shape index (κ1) is 11.6. The van der Waals surface area contributed by atoms with Crippen LogP contribution in [0.5, 0.6) is 0 Å². The van der Waals surface area contributed by atoms with Gasteiger partial charge in [-0.25, -0.2) is 14.8 Å². The molecule has 2 rings (SSSR count). The van der Waals surface area contributed by atoms with E-state index in [4.69, 9.17) is 16.7 Å². The van der Waals surface area contributed by atoms with Crippen LogP contribution in [-0.2, 0) is 6.54 Å². The highest BCUT2D eigenvalue weighted by atomic mass is 35.5. The lowest BCUT2D eigenvalue weighted by molar-refractivity contribution is 0.0685. The van der Waals surface area contributed by atoms with Gasteiger partial charge in [0.15, 0.2) is 0 Å². The lowest BCUT2D eigenvalue weighted by Crippen LogP contribution is -2.09. The summed E-state index contributed by atoms with van der Waals surface area (Å²) in [6, 6.07) is 3.16. The fourth-order valence-electron chi connectivity index (χ4n) is 1.55. The van der Waals surface area contributed by atoms with Gasteiger partial charge in [0, 0.05) is 12.4 Å². The third-order valence-electron chi connectivity index (χ3n) is 2.25. The molecule has 0 unspecified atom stereocenters. The summed E-state index contributed by atoms with van der Waals surface area (Å²) < 4.78 is 1.55. The maximum atomic E-state index is 11.0. The molecule has 0 bridgehead atoms. The highest BCUT2D eigenvalue weighted by Gasteiger charge is 2.12. The number of halogens is 1. The molecule has 6 heteroatoms. The van der Waals surface area contributed by atoms with E-state index >= 15 is 0 Å². The Balaban J connectivity index is 2.32. The van der Waals surface area contributed by atoms with Crippen LogP contribution in [0.2, 0.25) is 5.02 Å². The van der Waals surface area contributed by atoms with Crippen LogP contribution in [0.25, 0.3) is 0 Å². The second-order valence-corrected chi connectivity index (χ2v) is 4.01. The zero-order chi connectivity index (χ0) is 12.4. The van der Waals surface area contributed by atoms with Gasteiger partial charge in [0.25, 0.3) is 0 Å². The van der Waals surface area contributed by atoms with Crippen LogP contribution >= 0.6 is 11.6 Å². The molecule has 0 aliphatic heterocycles. The molecule has 17 heavy (non-hydrogen) atoms. The number of hydrogen-bond donors (Lipinski definition) is 1. The summed E-state index contributed by atoms with van der Waals surface area (Å²) in [4.78, 5) is 19.2. The van der Waals surface area contributed by atoms with Gasteiger partial charge in [-0.3, -0.25) is 0 Å². The van der Waals surface area contributed by atoms with Crippen molar-refractivity contribution in [3.8, 4) is 0 Å². The first-order valence-corrected chi connectivity index (χ1v) is 5.31. The third kappa shape index (κ3) is 2.62. The molecule has 0 amide bonds. The van der Waals surface area contributed by atoms with Crippen LogP contribution in [-0.4, -0.2) is 25.6 Å². The van der Waals surface area contributed by atoms with Gasteiger partial charge < -0.3 is 9.67 Å². The summed E-state index contributed by atoms with van der Waals surface area (Å²) in [5.74, 6) is -0.361. The highest BCUT2D eigenvalue weighted by Crippen LogP contribution is 2.15. The van der Waals surface area contributed by atoms with Crippen molar-refractivity contribution in [1.82, 2.24) is 14.5 Å². The molecular weight excluding hydrogens is 242 g/mol. The Morgan fingerprint density at radius 1 is 1.59 bits per heavy atom. The van der Waals surface area contributed by atoms with Crippen molar-refractivity contribution in [2.45, 2.75) is 13.5 Å². The summed E-state index contributed by atoms with van der Waals surface area (Å²) in [5, 5.41) is 9.40. The van der Waals surface area contributed by atoms with Crippen LogP contribution in [0.4, 0.5) is 0 Å². The van der Waals surface area contributed by atoms with E-state index in [0.29, 0.717) is 17.4 Å². The van der Waals surface area contributed by atoms with Crippen molar-refractivity contribution in [3.05, 3.63) is 46.8 Å². The number of aryl methyl sites for hydroxylation is 1. The minimum atomic E-state index is -1.01. The van der Waals surface area contributed by atoms with E-state index in [-0.39, 0.29) is 5.69 Å². The molecule has 0 spiro atoms. The predicted octanol–water partition coefficient (Wildman–Crippen LogP) is 1.99. The highest BCUT2D eigenvalue weighted by molar-refractivity contribution is 6.30. The second-order valence-electron chi connectivity index (χ2n) is 3.57. The molecule has 0 saturated carbocycles. The van der Waals surface area contributed by atoms with Crippen molar-refractivity contribution in [1.29, 1.82) is 0 Å². The Morgan fingerprint density at radius 3 is 3.00 bits per heavy atom. The first-order valence-electron chi connectivity index (χ1n) is 4.94. The van der Waals surface area contributed by atoms with Crippen LogP contribution in [0.15, 0.2) is 24.5 Å². The lowest BCUT2D eigenvalue weighted by Gasteiger charge is -2.05. The quantitative estimate of drug-likeness (QED) is 0.906. The standard InChI is InChI=1S/C11H10ClN3O2/c1-7-13-3-2-9(14-7)6-15-5-8(12)4-10(15)11(16)17/h2-5H,6H2,1H3,(H,16,17). The molecule has 2 aromatic rings. The molecule has 2 heterocycles. The minimum absolute atomic E-state index is 0.145.